The van der Waals surface area contributed by atoms with Gasteiger partial charge in [-0.3, -0.25) is 4.79 Å². The van der Waals surface area contributed by atoms with Crippen LogP contribution in [0.1, 0.15) is 16.8 Å². The summed E-state index contributed by atoms with van der Waals surface area (Å²) in [6.45, 7) is 2.27. The Kier molecular flexibility index (Phi) is 6.26. The van der Waals surface area contributed by atoms with E-state index in [1.807, 2.05) is 35.8 Å². The molecular weight excluding hydrogens is 365 g/mol. The largest absolute Gasteiger partial charge is 0.390 e. The summed E-state index contributed by atoms with van der Waals surface area (Å²) < 4.78 is 14.9. The maximum atomic E-state index is 13.1. The second kappa shape index (κ2) is 8.83. The number of thioether (sulfide) groups is 1. The van der Waals surface area contributed by atoms with Crippen molar-refractivity contribution < 1.29 is 14.3 Å². The van der Waals surface area contributed by atoms with Crippen LogP contribution in [0.15, 0.2) is 59.9 Å². The van der Waals surface area contributed by atoms with E-state index >= 15 is 0 Å². The van der Waals surface area contributed by atoms with E-state index in [1.54, 1.807) is 18.3 Å². The molecule has 2 aromatic carbocycles. The molecule has 1 aromatic heterocycles. The summed E-state index contributed by atoms with van der Waals surface area (Å²) in [5.74, 6) is -0.237. The van der Waals surface area contributed by atoms with Crippen LogP contribution in [0.4, 0.5) is 10.1 Å². The Bertz CT molecular complexity index is 908. The Hall–Kier alpha value is -2.64. The van der Waals surface area contributed by atoms with Crippen LogP contribution in [-0.2, 0) is 17.9 Å². The topological polar surface area (TPSA) is 67.2 Å². The summed E-state index contributed by atoms with van der Waals surface area (Å²) >= 11 is 1.29. The van der Waals surface area contributed by atoms with Crippen LogP contribution >= 0.6 is 11.8 Å². The molecule has 3 aromatic rings. The number of imidazole rings is 1. The van der Waals surface area contributed by atoms with E-state index in [-0.39, 0.29) is 24.1 Å². The van der Waals surface area contributed by atoms with Gasteiger partial charge >= 0.3 is 0 Å². The minimum absolute atomic E-state index is 0.134. The highest BCUT2D eigenvalue weighted by atomic mass is 32.2. The SMILES string of the molecule is Cc1ccc(NC(=O)CSc2ncc(CO)n2Cc2ccc(F)cc2)cc1. The summed E-state index contributed by atoms with van der Waals surface area (Å²) in [7, 11) is 0. The van der Waals surface area contributed by atoms with Crippen molar-refractivity contribution in [3.05, 3.63) is 77.4 Å². The van der Waals surface area contributed by atoms with Crippen molar-refractivity contribution in [3.8, 4) is 0 Å². The highest BCUT2D eigenvalue weighted by molar-refractivity contribution is 7.99. The smallest absolute Gasteiger partial charge is 0.234 e. The van der Waals surface area contributed by atoms with Crippen molar-refractivity contribution in [1.82, 2.24) is 9.55 Å². The molecule has 0 unspecified atom stereocenters. The molecule has 140 valence electrons. The number of aryl methyl sites for hydroxylation is 1. The minimum atomic E-state index is -0.297. The zero-order chi connectivity index (χ0) is 19.2. The molecule has 0 radical (unpaired) electrons. The van der Waals surface area contributed by atoms with Crippen LogP contribution in [-0.4, -0.2) is 26.3 Å². The number of carbonyl (C=O) groups is 1. The van der Waals surface area contributed by atoms with Gasteiger partial charge in [-0.1, -0.05) is 41.6 Å². The lowest BCUT2D eigenvalue weighted by Crippen LogP contribution is -2.15. The highest BCUT2D eigenvalue weighted by Gasteiger charge is 2.13. The number of rotatable bonds is 7. The van der Waals surface area contributed by atoms with Gasteiger partial charge in [0.1, 0.15) is 5.82 Å². The molecule has 0 saturated carbocycles. The third-order valence-electron chi connectivity index (χ3n) is 3.99. The van der Waals surface area contributed by atoms with Gasteiger partial charge in [-0.25, -0.2) is 9.37 Å². The van der Waals surface area contributed by atoms with Crippen molar-refractivity contribution >= 4 is 23.4 Å². The summed E-state index contributed by atoms with van der Waals surface area (Å²) in [5.41, 5.74) is 3.40. The summed E-state index contributed by atoms with van der Waals surface area (Å²) in [6, 6.07) is 13.8. The molecule has 0 bridgehead atoms. The van der Waals surface area contributed by atoms with Crippen LogP contribution in [0.5, 0.6) is 0 Å². The van der Waals surface area contributed by atoms with Crippen LogP contribution in [0.25, 0.3) is 0 Å². The van der Waals surface area contributed by atoms with E-state index in [9.17, 15) is 14.3 Å². The van der Waals surface area contributed by atoms with Gasteiger partial charge in [-0.2, -0.15) is 0 Å². The van der Waals surface area contributed by atoms with Gasteiger partial charge in [-0.15, -0.1) is 0 Å². The first kappa shape index (κ1) is 19.1. The van der Waals surface area contributed by atoms with Gasteiger partial charge < -0.3 is 15.0 Å². The second-order valence-electron chi connectivity index (χ2n) is 6.11. The van der Waals surface area contributed by atoms with Crippen molar-refractivity contribution in [2.45, 2.75) is 25.2 Å². The van der Waals surface area contributed by atoms with Gasteiger partial charge in [0, 0.05) is 12.2 Å². The molecule has 1 amide bonds. The Morgan fingerprint density at radius 3 is 2.56 bits per heavy atom. The molecule has 0 saturated heterocycles. The first-order valence-electron chi connectivity index (χ1n) is 8.44. The number of amides is 1. The summed E-state index contributed by atoms with van der Waals surface area (Å²) in [5, 5.41) is 13.0. The lowest BCUT2D eigenvalue weighted by molar-refractivity contribution is -0.113. The number of nitrogens with zero attached hydrogens (tertiary/aromatic N) is 2. The Morgan fingerprint density at radius 1 is 1.19 bits per heavy atom. The molecular formula is C20H20FN3O2S. The Morgan fingerprint density at radius 2 is 1.89 bits per heavy atom. The molecule has 27 heavy (non-hydrogen) atoms. The zero-order valence-corrected chi connectivity index (χ0v) is 15.7. The monoisotopic (exact) mass is 385 g/mol. The molecule has 0 aliphatic rings. The molecule has 0 aliphatic carbocycles. The molecule has 0 aliphatic heterocycles. The number of benzene rings is 2. The lowest BCUT2D eigenvalue weighted by Gasteiger charge is -2.11. The molecule has 0 spiro atoms. The third kappa shape index (κ3) is 5.18. The van der Waals surface area contributed by atoms with E-state index in [2.05, 4.69) is 10.3 Å². The van der Waals surface area contributed by atoms with E-state index in [0.717, 1.165) is 16.8 Å². The maximum Gasteiger partial charge on any atom is 0.234 e. The average molecular weight is 385 g/mol. The molecule has 5 nitrogen and oxygen atoms in total. The van der Waals surface area contributed by atoms with Crippen LogP contribution in [0, 0.1) is 12.7 Å². The Balaban J connectivity index is 1.65. The first-order chi connectivity index (χ1) is 13.0. The number of aromatic nitrogens is 2. The molecule has 0 atom stereocenters. The third-order valence-corrected chi connectivity index (χ3v) is 4.98. The van der Waals surface area contributed by atoms with Crippen molar-refractivity contribution in [2.75, 3.05) is 11.1 Å². The second-order valence-corrected chi connectivity index (χ2v) is 7.05. The number of aliphatic hydroxyl groups excluding tert-OH is 1. The highest BCUT2D eigenvalue weighted by Crippen LogP contribution is 2.21. The predicted octanol–water partition coefficient (Wildman–Crippen LogP) is 3.60. The van der Waals surface area contributed by atoms with Crippen molar-refractivity contribution in [2.24, 2.45) is 0 Å². The van der Waals surface area contributed by atoms with Gasteiger partial charge in [0.15, 0.2) is 5.16 Å². The minimum Gasteiger partial charge on any atom is -0.390 e. The number of anilines is 1. The predicted molar refractivity (Wildman–Crippen MR) is 104 cm³/mol. The average Bonchev–Trinajstić information content (AvgIpc) is 3.05. The maximum absolute atomic E-state index is 13.1. The fourth-order valence-electron chi connectivity index (χ4n) is 2.54. The van der Waals surface area contributed by atoms with Gasteiger partial charge in [0.25, 0.3) is 0 Å². The number of hydrogen-bond acceptors (Lipinski definition) is 4. The van der Waals surface area contributed by atoms with Gasteiger partial charge in [0.2, 0.25) is 5.91 Å². The van der Waals surface area contributed by atoms with Crippen LogP contribution < -0.4 is 5.32 Å². The molecule has 0 fully saturated rings. The quantitative estimate of drug-likeness (QED) is 0.610. The number of nitrogens with one attached hydrogen (secondary N) is 1. The standard InChI is InChI=1S/C20H20FN3O2S/c1-14-2-8-17(9-3-14)23-19(26)13-27-20-22-10-18(12-25)24(20)11-15-4-6-16(21)7-5-15/h2-10,25H,11-13H2,1H3,(H,23,26). The van der Waals surface area contributed by atoms with Crippen molar-refractivity contribution in [3.63, 3.8) is 0 Å². The van der Waals surface area contributed by atoms with E-state index in [4.69, 9.17) is 0 Å². The van der Waals surface area contributed by atoms with Gasteiger partial charge in [0.05, 0.1) is 24.3 Å². The number of carbonyl (C=O) groups excluding carboxylic acids is 1. The number of hydrogen-bond donors (Lipinski definition) is 2. The number of halogens is 1. The first-order valence-corrected chi connectivity index (χ1v) is 9.43. The fraction of sp³-hybridized carbons (Fsp3) is 0.200. The normalized spacial score (nSPS) is 10.8. The van der Waals surface area contributed by atoms with E-state index in [1.165, 1.54) is 23.9 Å². The lowest BCUT2D eigenvalue weighted by atomic mass is 10.2. The van der Waals surface area contributed by atoms with Gasteiger partial charge in [-0.05, 0) is 36.8 Å². The van der Waals surface area contributed by atoms with Crippen LogP contribution in [0.3, 0.4) is 0 Å². The van der Waals surface area contributed by atoms with E-state index in [0.29, 0.717) is 17.4 Å². The molecule has 7 heteroatoms. The molecule has 2 N–H and O–H groups in total. The zero-order valence-electron chi connectivity index (χ0n) is 14.9. The summed E-state index contributed by atoms with van der Waals surface area (Å²) in [4.78, 5) is 16.5. The van der Waals surface area contributed by atoms with Crippen molar-refractivity contribution in [1.29, 1.82) is 0 Å². The molecule has 3 rings (SSSR count). The van der Waals surface area contributed by atoms with Crippen LogP contribution in [0.2, 0.25) is 0 Å². The fourth-order valence-corrected chi connectivity index (χ4v) is 3.34. The molecule has 1 heterocycles. The Labute approximate surface area is 161 Å². The van der Waals surface area contributed by atoms with E-state index < -0.39 is 0 Å². The summed E-state index contributed by atoms with van der Waals surface area (Å²) in [6.07, 6.45) is 1.59. The number of aliphatic hydroxyl groups is 1.